The van der Waals surface area contributed by atoms with E-state index in [1.54, 1.807) is 12.3 Å². The molecule has 2 aromatic rings. The lowest BCUT2D eigenvalue weighted by molar-refractivity contribution is 0.894. The van der Waals surface area contributed by atoms with Crippen LogP contribution in [0.3, 0.4) is 0 Å². The van der Waals surface area contributed by atoms with Crippen molar-refractivity contribution < 1.29 is 0 Å². The van der Waals surface area contributed by atoms with Gasteiger partial charge >= 0.3 is 0 Å². The van der Waals surface area contributed by atoms with Gasteiger partial charge in [-0.05, 0) is 17.2 Å². The highest BCUT2D eigenvalue weighted by Crippen LogP contribution is 2.26. The third-order valence-electron chi connectivity index (χ3n) is 2.80. The summed E-state index contributed by atoms with van der Waals surface area (Å²) in [5.74, 6) is 0.712. The molecule has 0 radical (unpaired) electrons. The number of aromatic nitrogens is 1. The standard InChI is InChI=1S/C14H15Cl2N3/c1-19(14-13(16)6-12(15)8-18-14)9-11-4-2-3-10(5-11)7-17/h2-6,8H,7,9,17H2,1H3. The molecule has 1 heterocycles. The molecule has 3 nitrogen and oxygen atoms in total. The number of rotatable bonds is 4. The maximum atomic E-state index is 6.14. The first-order valence-corrected chi connectivity index (χ1v) is 6.66. The lowest BCUT2D eigenvalue weighted by Crippen LogP contribution is -2.18. The van der Waals surface area contributed by atoms with E-state index in [2.05, 4.69) is 17.1 Å². The molecule has 0 saturated heterocycles. The van der Waals surface area contributed by atoms with Crippen LogP contribution in [0.1, 0.15) is 11.1 Å². The zero-order valence-electron chi connectivity index (χ0n) is 10.6. The molecular weight excluding hydrogens is 281 g/mol. The summed E-state index contributed by atoms with van der Waals surface area (Å²) in [5.41, 5.74) is 7.92. The number of nitrogens with zero attached hydrogens (tertiary/aromatic N) is 2. The first-order valence-electron chi connectivity index (χ1n) is 5.90. The summed E-state index contributed by atoms with van der Waals surface area (Å²) in [6, 6.07) is 9.84. The summed E-state index contributed by atoms with van der Waals surface area (Å²) >= 11 is 12.0. The van der Waals surface area contributed by atoms with E-state index in [-0.39, 0.29) is 0 Å². The first-order chi connectivity index (χ1) is 9.10. The summed E-state index contributed by atoms with van der Waals surface area (Å²) < 4.78 is 0. The predicted molar refractivity (Wildman–Crippen MR) is 80.7 cm³/mol. The van der Waals surface area contributed by atoms with E-state index in [1.807, 2.05) is 24.1 Å². The van der Waals surface area contributed by atoms with E-state index in [0.29, 0.717) is 29.0 Å². The quantitative estimate of drug-likeness (QED) is 0.939. The second-order valence-electron chi connectivity index (χ2n) is 4.34. The van der Waals surface area contributed by atoms with Crippen LogP contribution in [0.4, 0.5) is 5.82 Å². The van der Waals surface area contributed by atoms with Gasteiger partial charge in [0.15, 0.2) is 0 Å². The molecule has 0 aliphatic rings. The Bertz CT molecular complexity index is 572. The van der Waals surface area contributed by atoms with E-state index in [9.17, 15) is 0 Å². The van der Waals surface area contributed by atoms with Crippen LogP contribution >= 0.6 is 23.2 Å². The van der Waals surface area contributed by atoms with Crippen molar-refractivity contribution in [3.05, 3.63) is 57.7 Å². The van der Waals surface area contributed by atoms with Crippen LogP contribution in [0, 0.1) is 0 Å². The molecule has 0 unspecified atom stereocenters. The fourth-order valence-corrected chi connectivity index (χ4v) is 2.42. The highest BCUT2D eigenvalue weighted by Gasteiger charge is 2.09. The van der Waals surface area contributed by atoms with E-state index in [1.165, 1.54) is 5.56 Å². The van der Waals surface area contributed by atoms with Crippen molar-refractivity contribution in [2.45, 2.75) is 13.1 Å². The van der Waals surface area contributed by atoms with E-state index < -0.39 is 0 Å². The molecule has 0 aliphatic carbocycles. The lowest BCUT2D eigenvalue weighted by Gasteiger charge is -2.19. The van der Waals surface area contributed by atoms with Gasteiger partial charge in [-0.2, -0.15) is 0 Å². The maximum Gasteiger partial charge on any atom is 0.147 e. The summed E-state index contributed by atoms with van der Waals surface area (Å²) in [6.45, 7) is 1.25. The van der Waals surface area contributed by atoms with Gasteiger partial charge in [-0.1, -0.05) is 47.5 Å². The van der Waals surface area contributed by atoms with E-state index in [4.69, 9.17) is 28.9 Å². The Morgan fingerprint density at radius 2 is 1.95 bits per heavy atom. The van der Waals surface area contributed by atoms with Crippen molar-refractivity contribution >= 4 is 29.0 Å². The van der Waals surface area contributed by atoms with Gasteiger partial charge in [-0.3, -0.25) is 0 Å². The van der Waals surface area contributed by atoms with Crippen LogP contribution in [0.15, 0.2) is 36.5 Å². The summed E-state index contributed by atoms with van der Waals surface area (Å²) in [6.07, 6.45) is 1.59. The molecule has 2 N–H and O–H groups in total. The molecule has 19 heavy (non-hydrogen) atoms. The van der Waals surface area contributed by atoms with Gasteiger partial charge in [-0.15, -0.1) is 0 Å². The van der Waals surface area contributed by atoms with Crippen molar-refractivity contribution in [2.24, 2.45) is 5.73 Å². The molecule has 1 aromatic heterocycles. The molecule has 0 saturated carbocycles. The molecule has 0 spiro atoms. The normalized spacial score (nSPS) is 10.5. The van der Waals surface area contributed by atoms with Gasteiger partial charge in [0.05, 0.1) is 10.0 Å². The number of anilines is 1. The second kappa shape index (κ2) is 6.24. The van der Waals surface area contributed by atoms with Crippen LogP contribution < -0.4 is 10.6 Å². The third kappa shape index (κ3) is 3.60. The highest BCUT2D eigenvalue weighted by atomic mass is 35.5. The van der Waals surface area contributed by atoms with Gasteiger partial charge in [0.25, 0.3) is 0 Å². The van der Waals surface area contributed by atoms with E-state index >= 15 is 0 Å². The number of halogens is 2. The highest BCUT2D eigenvalue weighted by molar-refractivity contribution is 6.35. The monoisotopic (exact) mass is 295 g/mol. The largest absolute Gasteiger partial charge is 0.354 e. The van der Waals surface area contributed by atoms with Gasteiger partial charge in [0.2, 0.25) is 0 Å². The number of pyridine rings is 1. The average molecular weight is 296 g/mol. The molecule has 2 rings (SSSR count). The number of hydrogen-bond donors (Lipinski definition) is 1. The fraction of sp³-hybridized carbons (Fsp3) is 0.214. The van der Waals surface area contributed by atoms with E-state index in [0.717, 1.165) is 5.56 Å². The van der Waals surface area contributed by atoms with Crippen molar-refractivity contribution in [3.8, 4) is 0 Å². The Balaban J connectivity index is 2.17. The Morgan fingerprint density at radius 3 is 2.63 bits per heavy atom. The van der Waals surface area contributed by atoms with Crippen molar-refractivity contribution in [1.29, 1.82) is 0 Å². The van der Waals surface area contributed by atoms with Crippen LogP contribution in [0.5, 0.6) is 0 Å². The third-order valence-corrected chi connectivity index (χ3v) is 3.28. The maximum absolute atomic E-state index is 6.14. The molecule has 0 aliphatic heterocycles. The van der Waals surface area contributed by atoms with Gasteiger partial charge in [-0.25, -0.2) is 4.98 Å². The summed E-state index contributed by atoms with van der Waals surface area (Å²) in [4.78, 5) is 6.23. The minimum absolute atomic E-state index is 0.535. The molecule has 0 fully saturated rings. The lowest BCUT2D eigenvalue weighted by atomic mass is 10.1. The summed E-state index contributed by atoms with van der Waals surface area (Å²) in [5, 5.41) is 1.08. The van der Waals surface area contributed by atoms with Crippen LogP contribution in [0.2, 0.25) is 10.0 Å². The van der Waals surface area contributed by atoms with Crippen molar-refractivity contribution in [2.75, 3.05) is 11.9 Å². The van der Waals surface area contributed by atoms with Gasteiger partial charge in [0.1, 0.15) is 5.82 Å². The Kier molecular flexibility index (Phi) is 4.64. The Labute approximate surface area is 123 Å². The Morgan fingerprint density at radius 1 is 1.21 bits per heavy atom. The molecule has 100 valence electrons. The van der Waals surface area contributed by atoms with Gasteiger partial charge < -0.3 is 10.6 Å². The zero-order valence-corrected chi connectivity index (χ0v) is 12.1. The Hall–Kier alpha value is -1.29. The number of hydrogen-bond acceptors (Lipinski definition) is 3. The first kappa shape index (κ1) is 14.1. The summed E-state index contributed by atoms with van der Waals surface area (Å²) in [7, 11) is 1.94. The van der Waals surface area contributed by atoms with Crippen LogP contribution in [0.25, 0.3) is 0 Å². The minimum Gasteiger partial charge on any atom is -0.354 e. The SMILES string of the molecule is CN(Cc1cccc(CN)c1)c1ncc(Cl)cc1Cl. The van der Waals surface area contributed by atoms with Crippen molar-refractivity contribution in [1.82, 2.24) is 4.98 Å². The zero-order chi connectivity index (χ0) is 13.8. The van der Waals surface area contributed by atoms with Gasteiger partial charge in [0, 0.05) is 26.3 Å². The topological polar surface area (TPSA) is 42.1 Å². The van der Waals surface area contributed by atoms with Crippen LogP contribution in [-0.4, -0.2) is 12.0 Å². The molecule has 0 atom stereocenters. The molecule has 5 heteroatoms. The minimum atomic E-state index is 0.535. The second-order valence-corrected chi connectivity index (χ2v) is 5.18. The molecule has 1 aromatic carbocycles. The smallest absolute Gasteiger partial charge is 0.147 e. The predicted octanol–water partition coefficient (Wildman–Crippen LogP) is 3.48. The average Bonchev–Trinajstić information content (AvgIpc) is 2.38. The molecule has 0 amide bonds. The fourth-order valence-electron chi connectivity index (χ4n) is 1.89. The van der Waals surface area contributed by atoms with Crippen LogP contribution in [-0.2, 0) is 13.1 Å². The number of benzene rings is 1. The molecular formula is C14H15Cl2N3. The number of nitrogens with two attached hydrogens (primary N) is 1. The molecule has 0 bridgehead atoms. The van der Waals surface area contributed by atoms with Crippen molar-refractivity contribution in [3.63, 3.8) is 0 Å².